The summed E-state index contributed by atoms with van der Waals surface area (Å²) in [6, 6.07) is 18.8. The van der Waals surface area contributed by atoms with Gasteiger partial charge in [-0.05, 0) is 60.5 Å². The van der Waals surface area contributed by atoms with Crippen LogP contribution in [0.1, 0.15) is 18.1 Å². The first kappa shape index (κ1) is 22.7. The Bertz CT molecular complexity index is 1380. The third-order valence-corrected chi connectivity index (χ3v) is 7.89. The molecule has 2 amide bonds. The molecule has 0 bridgehead atoms. The first-order valence-electron chi connectivity index (χ1n) is 10.4. The fraction of sp³-hybridized carbons (Fsp3) is 0.192. The Labute approximate surface area is 211 Å². The minimum Gasteiger partial charge on any atom is -0.497 e. The van der Waals surface area contributed by atoms with Gasteiger partial charge in [-0.15, -0.1) is 0 Å². The van der Waals surface area contributed by atoms with Crippen molar-refractivity contribution in [2.24, 2.45) is 5.41 Å². The number of anilines is 1. The fourth-order valence-corrected chi connectivity index (χ4v) is 6.39. The van der Waals surface area contributed by atoms with Gasteiger partial charge >= 0.3 is 11.4 Å². The number of halogens is 3. The number of imide groups is 1. The number of carbonyl (C=O) groups is 2. The third-order valence-electron chi connectivity index (χ3n) is 7.20. The summed E-state index contributed by atoms with van der Waals surface area (Å²) in [4.78, 5) is 33.4. The van der Waals surface area contributed by atoms with Crippen molar-refractivity contribution in [3.63, 3.8) is 0 Å². The van der Waals surface area contributed by atoms with Gasteiger partial charge in [-0.2, -0.15) is 0 Å². The van der Waals surface area contributed by atoms with E-state index in [0.717, 1.165) is 4.90 Å². The van der Waals surface area contributed by atoms with Crippen molar-refractivity contribution in [2.75, 3.05) is 12.0 Å². The molecule has 2 fully saturated rings. The van der Waals surface area contributed by atoms with Gasteiger partial charge in [-0.25, -0.2) is 4.90 Å². The van der Waals surface area contributed by atoms with Crippen molar-refractivity contribution in [3.8, 4) is 12.3 Å². The molecule has 0 unspecified atom stereocenters. The third kappa shape index (κ3) is 2.51. The van der Waals surface area contributed by atoms with Gasteiger partial charge in [0.25, 0.3) is 12.5 Å². The molecule has 8 heteroatoms. The molecule has 5 nitrogen and oxygen atoms in total. The van der Waals surface area contributed by atoms with E-state index < -0.39 is 28.2 Å². The van der Waals surface area contributed by atoms with E-state index in [1.807, 2.05) is 12.1 Å². The fourth-order valence-electron chi connectivity index (χ4n) is 5.75. The molecule has 1 aliphatic heterocycles. The molecule has 3 aromatic carbocycles. The smallest absolute Gasteiger partial charge is 0.387 e. The molecule has 1 saturated heterocycles. The highest BCUT2D eigenvalue weighted by Crippen LogP contribution is 2.81. The number of benzene rings is 3. The maximum Gasteiger partial charge on any atom is 0.387 e. The van der Waals surface area contributed by atoms with Crippen LogP contribution in [-0.2, 0) is 15.0 Å². The van der Waals surface area contributed by atoms with E-state index in [1.165, 1.54) is 18.2 Å². The van der Waals surface area contributed by atoms with E-state index in [4.69, 9.17) is 46.1 Å². The number of piperidine rings is 1. The molecule has 1 aliphatic carbocycles. The maximum absolute atomic E-state index is 14.1. The lowest BCUT2D eigenvalue weighted by molar-refractivity contribution is -0.125. The summed E-state index contributed by atoms with van der Waals surface area (Å²) in [5.74, 6) is -0.361. The quantitative estimate of drug-likeness (QED) is 0.389. The van der Waals surface area contributed by atoms with Crippen molar-refractivity contribution in [1.82, 2.24) is 0 Å². The average Bonchev–Trinajstić information content (AvgIpc) is 3.27. The molecule has 0 aromatic heterocycles. The Balaban J connectivity index is 1.77. The van der Waals surface area contributed by atoms with Gasteiger partial charge in [0, 0.05) is 15.1 Å². The van der Waals surface area contributed by atoms with E-state index in [0.29, 0.717) is 31.9 Å². The van der Waals surface area contributed by atoms with Crippen LogP contribution in [0, 0.1) is 12.0 Å². The van der Waals surface area contributed by atoms with E-state index in [9.17, 15) is 9.59 Å². The molecule has 0 spiro atoms. The summed E-state index contributed by atoms with van der Waals surface area (Å²) in [6.45, 7) is 7.72. The van der Waals surface area contributed by atoms with Crippen LogP contribution in [-0.4, -0.2) is 24.5 Å². The SMILES string of the molecule is C#[N+][C@@]12C(=O)N(c3cc(Cl)cc(Cl)c3)C(=O)[C@]1(C)[C@@]2(c1ccc(Cl)cc1)c1ccc(OC)cc1. The number of nitrogens with zero attached hydrogens (tertiary/aromatic N) is 2. The Hall–Kier alpha value is -3.04. The normalized spacial score (nSPS) is 27.4. The van der Waals surface area contributed by atoms with Crippen molar-refractivity contribution < 1.29 is 14.3 Å². The van der Waals surface area contributed by atoms with Crippen LogP contribution in [0.5, 0.6) is 5.75 Å². The van der Waals surface area contributed by atoms with Crippen molar-refractivity contribution >= 4 is 52.3 Å². The summed E-state index contributed by atoms with van der Waals surface area (Å²) >= 11 is 18.5. The lowest BCUT2D eigenvalue weighted by Gasteiger charge is -2.27. The summed E-state index contributed by atoms with van der Waals surface area (Å²) in [5, 5.41) is 1.12. The zero-order chi connectivity index (χ0) is 24.5. The van der Waals surface area contributed by atoms with E-state index in [2.05, 4.69) is 4.85 Å². The Morgan fingerprint density at radius 2 is 1.35 bits per heavy atom. The number of carbonyl (C=O) groups excluding carboxylic acids is 2. The molecule has 3 aromatic rings. The molecule has 0 radical (unpaired) electrons. The van der Waals surface area contributed by atoms with Crippen LogP contribution < -0.4 is 9.64 Å². The summed E-state index contributed by atoms with van der Waals surface area (Å²) in [6.07, 6.45) is 0. The number of hydrogen-bond acceptors (Lipinski definition) is 3. The first-order valence-corrected chi connectivity index (χ1v) is 11.5. The van der Waals surface area contributed by atoms with Gasteiger partial charge in [0.15, 0.2) is 5.41 Å². The molecule has 3 atom stereocenters. The second kappa shape index (κ2) is 7.48. The van der Waals surface area contributed by atoms with Gasteiger partial charge in [-0.3, -0.25) is 9.59 Å². The van der Waals surface area contributed by atoms with Crippen molar-refractivity contribution in [1.29, 1.82) is 0 Å². The minimum atomic E-state index is -1.59. The van der Waals surface area contributed by atoms with Gasteiger partial charge in [0.1, 0.15) is 11.2 Å². The van der Waals surface area contributed by atoms with Crippen LogP contribution in [0.2, 0.25) is 15.1 Å². The minimum absolute atomic E-state index is 0.267. The highest BCUT2D eigenvalue weighted by atomic mass is 35.5. The second-order valence-corrected chi connectivity index (χ2v) is 9.83. The topological polar surface area (TPSA) is 51.0 Å². The Morgan fingerprint density at radius 1 is 0.824 bits per heavy atom. The predicted octanol–water partition coefficient (Wildman–Crippen LogP) is 6.24. The van der Waals surface area contributed by atoms with Gasteiger partial charge < -0.3 is 4.74 Å². The van der Waals surface area contributed by atoms with Crippen LogP contribution in [0.4, 0.5) is 5.69 Å². The van der Waals surface area contributed by atoms with Crippen LogP contribution in [0.3, 0.4) is 0 Å². The standard InChI is InChI=1S/C26H18Cl3N2O3/c1-24-22(32)31(20-13-18(28)12-19(29)14-20)23(33)26(24,30-2)25(24,15-4-8-17(27)9-5-15)16-6-10-21(34-3)11-7-16/h2,4-14H,1,3H3/q+1/t24-,25-,26+/m1/s1. The predicted molar refractivity (Wildman–Crippen MR) is 133 cm³/mol. The molecule has 170 valence electrons. The number of amides is 2. The Kier molecular flexibility index (Phi) is 5.00. The zero-order valence-corrected chi connectivity index (χ0v) is 20.4. The number of methoxy groups -OCH3 is 1. The van der Waals surface area contributed by atoms with E-state index >= 15 is 0 Å². The maximum atomic E-state index is 14.1. The van der Waals surface area contributed by atoms with E-state index in [1.54, 1.807) is 50.4 Å². The number of fused-ring (bicyclic) bond motifs is 1. The van der Waals surface area contributed by atoms with Crippen molar-refractivity contribution in [2.45, 2.75) is 17.9 Å². The summed E-state index contributed by atoms with van der Waals surface area (Å²) in [7, 11) is 1.56. The number of rotatable bonds is 4. The highest BCUT2D eigenvalue weighted by molar-refractivity contribution is 6.38. The van der Waals surface area contributed by atoms with Crippen LogP contribution in [0.25, 0.3) is 4.85 Å². The monoisotopic (exact) mass is 511 g/mol. The number of ether oxygens (including phenoxy) is 1. The number of hydrogen-bond donors (Lipinski definition) is 0. The molecule has 1 heterocycles. The second-order valence-electron chi connectivity index (χ2n) is 8.52. The summed E-state index contributed by atoms with van der Waals surface area (Å²) < 4.78 is 5.30. The van der Waals surface area contributed by atoms with Gasteiger partial charge in [0.2, 0.25) is 0 Å². The molecule has 1 saturated carbocycles. The molecule has 34 heavy (non-hydrogen) atoms. The molecule has 5 rings (SSSR count). The van der Waals surface area contributed by atoms with Gasteiger partial charge in [0.05, 0.1) is 12.8 Å². The molecule has 0 N–H and O–H groups in total. The zero-order valence-electron chi connectivity index (χ0n) is 18.2. The van der Waals surface area contributed by atoms with Crippen molar-refractivity contribution in [3.05, 3.63) is 97.8 Å². The van der Waals surface area contributed by atoms with Gasteiger partial charge in [-0.1, -0.05) is 63.9 Å². The lowest BCUT2D eigenvalue weighted by atomic mass is 9.78. The highest BCUT2D eigenvalue weighted by Gasteiger charge is 3.06. The van der Waals surface area contributed by atoms with Crippen LogP contribution >= 0.6 is 34.8 Å². The largest absolute Gasteiger partial charge is 0.497 e. The lowest BCUT2D eigenvalue weighted by Crippen LogP contribution is -2.45. The summed E-state index contributed by atoms with van der Waals surface area (Å²) in [5.41, 5.74) is -2.39. The Morgan fingerprint density at radius 3 is 1.82 bits per heavy atom. The average molecular weight is 513 g/mol. The molecular weight excluding hydrogens is 495 g/mol. The first-order chi connectivity index (χ1) is 16.2. The van der Waals surface area contributed by atoms with Crippen LogP contribution in [0.15, 0.2) is 66.7 Å². The molecular formula is C26H18Cl3N2O3+. The molecule has 2 aliphatic rings. The van der Waals surface area contributed by atoms with E-state index in [-0.39, 0.29) is 5.69 Å².